The van der Waals surface area contributed by atoms with E-state index in [9.17, 15) is 5.26 Å². The van der Waals surface area contributed by atoms with Crippen LogP contribution in [0.2, 0.25) is 0 Å². The van der Waals surface area contributed by atoms with E-state index >= 15 is 0 Å². The summed E-state index contributed by atoms with van der Waals surface area (Å²) >= 11 is 0. The molecule has 2 aromatic heterocycles. The molecule has 224 valence electrons. The van der Waals surface area contributed by atoms with Crippen molar-refractivity contribution < 1.29 is 0 Å². The van der Waals surface area contributed by atoms with Crippen LogP contribution in [0.1, 0.15) is 33.4 Å². The number of nitriles is 1. The van der Waals surface area contributed by atoms with E-state index in [1.807, 2.05) is 24.3 Å². The Bertz CT molecular complexity index is 2440. The summed E-state index contributed by atoms with van der Waals surface area (Å²) in [6.07, 6.45) is 0. The van der Waals surface area contributed by atoms with Crippen LogP contribution < -0.4 is 0 Å². The summed E-state index contributed by atoms with van der Waals surface area (Å²) in [5.74, 6) is 0. The van der Waals surface area contributed by atoms with E-state index < -0.39 is 0 Å². The van der Waals surface area contributed by atoms with Gasteiger partial charge in [0.1, 0.15) is 0 Å². The number of hydrogen-bond donors (Lipinski definition) is 0. The van der Waals surface area contributed by atoms with E-state index in [0.717, 1.165) is 72.4 Å². The van der Waals surface area contributed by atoms with Gasteiger partial charge in [-0.1, -0.05) is 96.6 Å². The third-order valence-electron chi connectivity index (χ3n) is 9.74. The van der Waals surface area contributed by atoms with Gasteiger partial charge in [0.2, 0.25) is 0 Å². The van der Waals surface area contributed by atoms with Crippen molar-refractivity contribution in [3.63, 3.8) is 0 Å². The lowest BCUT2D eigenvalue weighted by Crippen LogP contribution is -2.07. The number of nitrogens with zero attached hydrogens (tertiary/aromatic N) is 4. The van der Waals surface area contributed by atoms with E-state index in [4.69, 9.17) is 6.57 Å². The van der Waals surface area contributed by atoms with Crippen LogP contribution in [0.25, 0.3) is 71.0 Å². The Balaban J connectivity index is 1.67. The van der Waals surface area contributed by atoms with Crippen LogP contribution >= 0.6 is 0 Å². The van der Waals surface area contributed by atoms with Crippen molar-refractivity contribution in [3.05, 3.63) is 148 Å². The fraction of sp³-hybridized carbons (Fsp3) is 0.116. The van der Waals surface area contributed by atoms with Crippen molar-refractivity contribution in [2.75, 3.05) is 0 Å². The fourth-order valence-electron chi connectivity index (χ4n) is 7.70. The van der Waals surface area contributed by atoms with E-state index in [1.54, 1.807) is 0 Å². The molecular weight excluding hydrogens is 573 g/mol. The minimum absolute atomic E-state index is 0.587. The molecule has 0 bridgehead atoms. The molecule has 4 nitrogen and oxygen atoms in total. The Morgan fingerprint density at radius 3 is 1.28 bits per heavy atom. The number of aromatic nitrogens is 2. The summed E-state index contributed by atoms with van der Waals surface area (Å²) in [6, 6.07) is 38.5. The monoisotopic (exact) mass is 604 g/mol. The lowest BCUT2D eigenvalue weighted by Gasteiger charge is -2.23. The molecule has 0 radical (unpaired) electrons. The van der Waals surface area contributed by atoms with Gasteiger partial charge in [0.25, 0.3) is 0 Å². The standard InChI is InChI=1S/C43H32N4/c1-25-11-7-15-33-34-16-8-12-26(2)41(34)46(40(25)33)37-22-30(24-44)23-38(39(37)32-20-19-31(45-6)21-29(32)5)47-42-27(3)13-9-17-35(42)36-18-10-14-28(4)43(36)47/h7-23H,1-5H3. The van der Waals surface area contributed by atoms with Gasteiger partial charge in [0.15, 0.2) is 5.69 Å². The molecule has 6 aromatic carbocycles. The van der Waals surface area contributed by atoms with Gasteiger partial charge >= 0.3 is 0 Å². The van der Waals surface area contributed by atoms with Crippen molar-refractivity contribution in [3.8, 4) is 28.6 Å². The molecule has 0 unspecified atom stereocenters. The van der Waals surface area contributed by atoms with Crippen LogP contribution in [0.3, 0.4) is 0 Å². The van der Waals surface area contributed by atoms with Crippen LogP contribution in [0, 0.1) is 52.5 Å². The molecule has 0 fully saturated rings. The average Bonchev–Trinajstić information content (AvgIpc) is 3.61. The average molecular weight is 605 g/mol. The maximum absolute atomic E-state index is 10.6. The minimum Gasteiger partial charge on any atom is -0.308 e. The van der Waals surface area contributed by atoms with Gasteiger partial charge in [0, 0.05) is 27.1 Å². The zero-order valence-electron chi connectivity index (χ0n) is 27.1. The summed E-state index contributed by atoms with van der Waals surface area (Å²) in [7, 11) is 0. The maximum atomic E-state index is 10.6. The quantitative estimate of drug-likeness (QED) is 0.185. The number of benzene rings is 6. The number of para-hydroxylation sites is 4. The highest BCUT2D eigenvalue weighted by Gasteiger charge is 2.25. The lowest BCUT2D eigenvalue weighted by atomic mass is 9.94. The van der Waals surface area contributed by atoms with Gasteiger partial charge in [0.05, 0.1) is 51.6 Å². The smallest absolute Gasteiger partial charge is 0.187 e. The second-order valence-electron chi connectivity index (χ2n) is 12.7. The minimum atomic E-state index is 0.587. The van der Waals surface area contributed by atoms with Crippen LogP contribution in [0.4, 0.5) is 5.69 Å². The SMILES string of the molecule is [C-]#[N+]c1ccc(-c2c(-n3c4c(C)cccc4c4cccc(C)c43)cc(C#N)cc2-n2c3c(C)cccc3c3cccc(C)c32)c(C)c1. The number of rotatable bonds is 3. The Morgan fingerprint density at radius 2 is 0.936 bits per heavy atom. The number of aryl methyl sites for hydroxylation is 5. The highest BCUT2D eigenvalue weighted by atomic mass is 15.0. The lowest BCUT2D eigenvalue weighted by molar-refractivity contribution is 1.11. The summed E-state index contributed by atoms with van der Waals surface area (Å²) in [4.78, 5) is 3.74. The molecule has 0 aliphatic rings. The van der Waals surface area contributed by atoms with E-state index in [1.165, 1.54) is 21.5 Å². The Hall–Kier alpha value is -6.10. The van der Waals surface area contributed by atoms with Crippen LogP contribution in [-0.4, -0.2) is 9.13 Å². The Labute approximate surface area is 274 Å². The molecule has 47 heavy (non-hydrogen) atoms. The predicted molar refractivity (Wildman–Crippen MR) is 195 cm³/mol. The second kappa shape index (κ2) is 10.5. The number of hydrogen-bond acceptors (Lipinski definition) is 1. The normalized spacial score (nSPS) is 11.5. The van der Waals surface area contributed by atoms with Crippen molar-refractivity contribution >= 4 is 49.3 Å². The second-order valence-corrected chi connectivity index (χ2v) is 12.7. The van der Waals surface area contributed by atoms with Gasteiger partial charge in [-0.3, -0.25) is 0 Å². The van der Waals surface area contributed by atoms with E-state index in [2.05, 4.69) is 134 Å². The van der Waals surface area contributed by atoms with Crippen molar-refractivity contribution in [1.29, 1.82) is 5.26 Å². The molecule has 4 heteroatoms. The molecule has 0 aliphatic heterocycles. The molecule has 0 spiro atoms. The predicted octanol–water partition coefficient (Wildman–Crippen LogP) is 11.5. The molecule has 0 saturated carbocycles. The third kappa shape index (κ3) is 4.05. The molecular formula is C43H32N4. The van der Waals surface area contributed by atoms with Crippen molar-refractivity contribution in [1.82, 2.24) is 9.13 Å². The van der Waals surface area contributed by atoms with E-state index in [-0.39, 0.29) is 0 Å². The zero-order valence-corrected chi connectivity index (χ0v) is 27.1. The maximum Gasteiger partial charge on any atom is 0.187 e. The summed E-state index contributed by atoms with van der Waals surface area (Å²) in [5.41, 5.74) is 15.3. The molecule has 0 aliphatic carbocycles. The van der Waals surface area contributed by atoms with Gasteiger partial charge in [-0.2, -0.15) is 5.26 Å². The molecule has 0 atom stereocenters. The molecule has 0 N–H and O–H groups in total. The van der Waals surface area contributed by atoms with Crippen molar-refractivity contribution in [2.24, 2.45) is 0 Å². The molecule has 2 heterocycles. The largest absolute Gasteiger partial charge is 0.308 e. The van der Waals surface area contributed by atoms with Crippen LogP contribution in [0.15, 0.2) is 103 Å². The van der Waals surface area contributed by atoms with Gasteiger partial charge in [-0.15, -0.1) is 0 Å². The van der Waals surface area contributed by atoms with Crippen LogP contribution in [-0.2, 0) is 0 Å². The molecule has 0 saturated heterocycles. The summed E-state index contributed by atoms with van der Waals surface area (Å²) in [6.45, 7) is 18.5. The molecule has 0 amide bonds. The first-order chi connectivity index (χ1) is 22.8. The molecule has 8 aromatic rings. The van der Waals surface area contributed by atoms with Gasteiger partial charge in [-0.25, -0.2) is 4.85 Å². The van der Waals surface area contributed by atoms with Gasteiger partial charge < -0.3 is 9.13 Å². The summed E-state index contributed by atoms with van der Waals surface area (Å²) < 4.78 is 4.76. The van der Waals surface area contributed by atoms with E-state index in [0.29, 0.717) is 11.3 Å². The molecule has 8 rings (SSSR count). The summed E-state index contributed by atoms with van der Waals surface area (Å²) in [5, 5.41) is 15.4. The number of fused-ring (bicyclic) bond motifs is 6. The highest BCUT2D eigenvalue weighted by molar-refractivity contribution is 6.14. The third-order valence-corrected chi connectivity index (χ3v) is 9.74. The highest BCUT2D eigenvalue weighted by Crippen LogP contribution is 2.45. The fourth-order valence-corrected chi connectivity index (χ4v) is 7.70. The first-order valence-corrected chi connectivity index (χ1v) is 15.9. The van der Waals surface area contributed by atoms with Crippen LogP contribution in [0.5, 0.6) is 0 Å². The van der Waals surface area contributed by atoms with Crippen molar-refractivity contribution in [2.45, 2.75) is 34.6 Å². The van der Waals surface area contributed by atoms with Gasteiger partial charge in [-0.05, 0) is 74.6 Å². The first kappa shape index (κ1) is 28.4. The topological polar surface area (TPSA) is 38.0 Å². The Morgan fingerprint density at radius 1 is 0.532 bits per heavy atom. The Kier molecular flexibility index (Phi) is 6.33. The first-order valence-electron chi connectivity index (χ1n) is 15.9. The zero-order chi connectivity index (χ0) is 32.6.